The van der Waals surface area contributed by atoms with Crippen LogP contribution in [0, 0.1) is 11.8 Å². The molecule has 0 bridgehead atoms. The molecule has 0 atom stereocenters. The van der Waals surface area contributed by atoms with Crippen LogP contribution in [0.25, 0.3) is 0 Å². The van der Waals surface area contributed by atoms with Gasteiger partial charge in [0.2, 0.25) is 0 Å². The summed E-state index contributed by atoms with van der Waals surface area (Å²) in [4.78, 5) is 16.1. The molecule has 3 aliphatic heterocycles. The molecule has 7 heteroatoms. The number of carbonyl (C=O) groups excluding carboxylic acids is 1. The molecule has 3 heterocycles. The van der Waals surface area contributed by atoms with Crippen LogP contribution >= 0.6 is 0 Å². The third kappa shape index (κ3) is 5.11. The Balaban J connectivity index is 1.08. The van der Waals surface area contributed by atoms with Crippen LogP contribution in [0.5, 0.6) is 0 Å². The van der Waals surface area contributed by atoms with Crippen molar-refractivity contribution in [3.05, 3.63) is 0 Å². The molecule has 0 aromatic heterocycles. The van der Waals surface area contributed by atoms with E-state index >= 15 is 0 Å². The van der Waals surface area contributed by atoms with Crippen molar-refractivity contribution in [2.24, 2.45) is 11.8 Å². The molecule has 1 saturated carbocycles. The van der Waals surface area contributed by atoms with Gasteiger partial charge in [-0.2, -0.15) is 0 Å². The maximum absolute atomic E-state index is 12.4. The second kappa shape index (κ2) is 8.19. The number of alkyl halides is 2. The van der Waals surface area contributed by atoms with E-state index in [1.165, 1.54) is 0 Å². The summed E-state index contributed by atoms with van der Waals surface area (Å²) in [5.41, 5.74) is 0.137. The standard InChI is InChI=1S/C20H32F2N2O3/c21-18(22)13-23-11-16(12-23)2-1-15-5-9-24(10-6-15)19(25)27-17-3-7-20(8-4-17)14-26-20/h15-18H,1-14H2. The average Bonchev–Trinajstić information content (AvgIpc) is 3.38. The highest BCUT2D eigenvalue weighted by molar-refractivity contribution is 5.67. The molecular formula is C20H32F2N2O3. The Morgan fingerprint density at radius 1 is 1.07 bits per heavy atom. The van der Waals surface area contributed by atoms with Crippen LogP contribution < -0.4 is 0 Å². The molecule has 4 rings (SSSR count). The Labute approximate surface area is 160 Å². The largest absolute Gasteiger partial charge is 0.446 e. The normalized spacial score (nSPS) is 32.7. The Bertz CT molecular complexity index is 505. The Morgan fingerprint density at radius 2 is 1.70 bits per heavy atom. The summed E-state index contributed by atoms with van der Waals surface area (Å²) >= 11 is 0. The number of carbonyl (C=O) groups is 1. The molecule has 1 aliphatic carbocycles. The van der Waals surface area contributed by atoms with Crippen LogP contribution in [-0.4, -0.2) is 73.4 Å². The first-order valence-corrected chi connectivity index (χ1v) is 10.6. The van der Waals surface area contributed by atoms with Gasteiger partial charge in [-0.1, -0.05) is 0 Å². The number of amides is 1. The fraction of sp³-hybridized carbons (Fsp3) is 0.950. The summed E-state index contributed by atoms with van der Waals surface area (Å²) in [7, 11) is 0. The zero-order chi connectivity index (χ0) is 18.9. The molecule has 0 aromatic carbocycles. The lowest BCUT2D eigenvalue weighted by molar-refractivity contribution is 0.0162. The monoisotopic (exact) mass is 386 g/mol. The summed E-state index contributed by atoms with van der Waals surface area (Å²) in [5.74, 6) is 1.23. The molecule has 0 aromatic rings. The topological polar surface area (TPSA) is 45.3 Å². The molecule has 5 nitrogen and oxygen atoms in total. The first-order chi connectivity index (χ1) is 13.0. The van der Waals surface area contributed by atoms with E-state index in [0.717, 1.165) is 84.2 Å². The minimum absolute atomic E-state index is 0.0554. The molecule has 1 amide bonds. The fourth-order valence-electron chi connectivity index (χ4n) is 4.92. The lowest BCUT2D eigenvalue weighted by atomic mass is 9.86. The third-order valence-corrected chi connectivity index (χ3v) is 6.95. The van der Waals surface area contributed by atoms with Crippen LogP contribution in [0.1, 0.15) is 51.4 Å². The van der Waals surface area contributed by atoms with Crippen LogP contribution in [0.4, 0.5) is 13.6 Å². The van der Waals surface area contributed by atoms with Crippen molar-refractivity contribution in [2.75, 3.05) is 39.3 Å². The van der Waals surface area contributed by atoms with Gasteiger partial charge in [-0.05, 0) is 63.2 Å². The lowest BCUT2D eigenvalue weighted by Gasteiger charge is -2.40. The van der Waals surface area contributed by atoms with Crippen LogP contribution in [0.2, 0.25) is 0 Å². The van der Waals surface area contributed by atoms with Gasteiger partial charge in [0.25, 0.3) is 6.43 Å². The quantitative estimate of drug-likeness (QED) is 0.655. The first kappa shape index (κ1) is 19.4. The van der Waals surface area contributed by atoms with E-state index in [-0.39, 0.29) is 24.3 Å². The number of ether oxygens (including phenoxy) is 2. The molecular weight excluding hydrogens is 354 g/mol. The van der Waals surface area contributed by atoms with Gasteiger partial charge in [0.05, 0.1) is 18.8 Å². The third-order valence-electron chi connectivity index (χ3n) is 6.95. The first-order valence-electron chi connectivity index (χ1n) is 10.6. The van der Waals surface area contributed by atoms with Gasteiger partial charge < -0.3 is 14.4 Å². The molecule has 0 N–H and O–H groups in total. The maximum Gasteiger partial charge on any atom is 0.410 e. The van der Waals surface area contributed by atoms with Crippen LogP contribution in [0.3, 0.4) is 0 Å². The van der Waals surface area contributed by atoms with Crippen LogP contribution in [0.15, 0.2) is 0 Å². The van der Waals surface area contributed by atoms with Gasteiger partial charge in [-0.3, -0.25) is 4.90 Å². The molecule has 154 valence electrons. The van der Waals surface area contributed by atoms with Gasteiger partial charge in [-0.15, -0.1) is 0 Å². The second-order valence-corrected chi connectivity index (χ2v) is 9.04. The highest BCUT2D eigenvalue weighted by Gasteiger charge is 2.47. The van der Waals surface area contributed by atoms with Crippen molar-refractivity contribution in [3.8, 4) is 0 Å². The summed E-state index contributed by atoms with van der Waals surface area (Å²) < 4.78 is 35.8. The van der Waals surface area contributed by atoms with Crippen molar-refractivity contribution >= 4 is 6.09 Å². The number of hydrogen-bond acceptors (Lipinski definition) is 4. The predicted octanol–water partition coefficient (Wildman–Crippen LogP) is 3.52. The van der Waals surface area contributed by atoms with Crippen molar-refractivity contribution in [1.29, 1.82) is 0 Å². The van der Waals surface area contributed by atoms with E-state index in [1.807, 2.05) is 9.80 Å². The van der Waals surface area contributed by atoms with E-state index < -0.39 is 6.43 Å². The van der Waals surface area contributed by atoms with E-state index in [4.69, 9.17) is 9.47 Å². The summed E-state index contributed by atoms with van der Waals surface area (Å²) in [6.07, 6.45) is 5.92. The number of rotatable bonds is 6. The van der Waals surface area contributed by atoms with Crippen molar-refractivity contribution in [3.63, 3.8) is 0 Å². The van der Waals surface area contributed by atoms with E-state index in [1.54, 1.807) is 0 Å². The molecule has 1 spiro atoms. The number of epoxide rings is 1. The highest BCUT2D eigenvalue weighted by atomic mass is 19.3. The molecule has 0 unspecified atom stereocenters. The summed E-state index contributed by atoms with van der Waals surface area (Å²) in [6.45, 7) is 4.02. The zero-order valence-electron chi connectivity index (χ0n) is 16.1. The maximum atomic E-state index is 12.4. The SMILES string of the molecule is O=C(OC1CCC2(CC1)CO2)N1CCC(CCC2CN(CC(F)F)C2)CC1. The molecule has 3 saturated heterocycles. The fourth-order valence-corrected chi connectivity index (χ4v) is 4.92. The number of piperidine rings is 1. The summed E-state index contributed by atoms with van der Waals surface area (Å²) in [6, 6.07) is 0. The lowest BCUT2D eigenvalue weighted by Crippen LogP contribution is -2.48. The van der Waals surface area contributed by atoms with Crippen molar-refractivity contribution < 1.29 is 23.0 Å². The predicted molar refractivity (Wildman–Crippen MR) is 96.9 cm³/mol. The molecule has 0 radical (unpaired) electrons. The van der Waals surface area contributed by atoms with Crippen molar-refractivity contribution in [1.82, 2.24) is 9.80 Å². The van der Waals surface area contributed by atoms with Gasteiger partial charge in [0.1, 0.15) is 6.10 Å². The Morgan fingerprint density at radius 3 is 2.30 bits per heavy atom. The van der Waals surface area contributed by atoms with E-state index in [9.17, 15) is 13.6 Å². The number of likely N-dealkylation sites (tertiary alicyclic amines) is 2. The van der Waals surface area contributed by atoms with Crippen LogP contribution in [-0.2, 0) is 9.47 Å². The van der Waals surface area contributed by atoms with Gasteiger partial charge in [0, 0.05) is 26.2 Å². The molecule has 4 aliphatic rings. The highest BCUT2D eigenvalue weighted by Crippen LogP contribution is 2.42. The Hall–Kier alpha value is -0.950. The van der Waals surface area contributed by atoms with Gasteiger partial charge in [-0.25, -0.2) is 13.6 Å². The van der Waals surface area contributed by atoms with Gasteiger partial charge >= 0.3 is 6.09 Å². The smallest absolute Gasteiger partial charge is 0.410 e. The molecule has 27 heavy (non-hydrogen) atoms. The second-order valence-electron chi connectivity index (χ2n) is 9.04. The zero-order valence-corrected chi connectivity index (χ0v) is 16.1. The van der Waals surface area contributed by atoms with Gasteiger partial charge in [0.15, 0.2) is 0 Å². The van der Waals surface area contributed by atoms with E-state index in [0.29, 0.717) is 11.8 Å². The number of hydrogen-bond donors (Lipinski definition) is 0. The molecule has 4 fully saturated rings. The van der Waals surface area contributed by atoms with Crippen molar-refractivity contribution in [2.45, 2.75) is 69.5 Å². The minimum Gasteiger partial charge on any atom is -0.446 e. The average molecular weight is 386 g/mol. The Kier molecular flexibility index (Phi) is 5.88. The number of halogens is 2. The summed E-state index contributed by atoms with van der Waals surface area (Å²) in [5, 5.41) is 0. The number of nitrogens with zero attached hydrogens (tertiary/aromatic N) is 2. The minimum atomic E-state index is -2.22. The van der Waals surface area contributed by atoms with E-state index in [2.05, 4.69) is 0 Å².